The SMILES string of the molecule is Cc1cccc(C)c1N1C(=C/C=c2/c3ccccc3n3c(-c4ccc(C#N)cc4)cnc23)N(c2c(C)cccc2C)c2nc3ccccc3nc21. The largest absolute Gasteiger partial charge is 0.292 e. The number of hydrogen-bond donors (Lipinski definition) is 0. The summed E-state index contributed by atoms with van der Waals surface area (Å²) in [6, 6.07) is 39.2. The van der Waals surface area contributed by atoms with E-state index in [9.17, 15) is 5.26 Å². The van der Waals surface area contributed by atoms with Gasteiger partial charge in [0.25, 0.3) is 0 Å². The van der Waals surface area contributed by atoms with Crippen LogP contribution in [-0.4, -0.2) is 19.4 Å². The maximum Gasteiger partial charge on any atom is 0.183 e. The van der Waals surface area contributed by atoms with E-state index in [4.69, 9.17) is 15.0 Å². The fourth-order valence-corrected chi connectivity index (χ4v) is 7.55. The minimum absolute atomic E-state index is 0.629. The summed E-state index contributed by atoms with van der Waals surface area (Å²) in [5, 5.41) is 11.5. The van der Waals surface area contributed by atoms with Crippen molar-refractivity contribution in [3.63, 3.8) is 0 Å². The molecule has 3 aromatic heterocycles. The van der Waals surface area contributed by atoms with Gasteiger partial charge in [-0.15, -0.1) is 0 Å². The van der Waals surface area contributed by atoms with E-state index in [-0.39, 0.29) is 0 Å². The van der Waals surface area contributed by atoms with Gasteiger partial charge in [0, 0.05) is 16.2 Å². The van der Waals surface area contributed by atoms with Gasteiger partial charge in [-0.3, -0.25) is 14.2 Å². The molecule has 0 fully saturated rings. The van der Waals surface area contributed by atoms with Gasteiger partial charge in [-0.05, 0) is 92.4 Å². The Balaban J connectivity index is 1.36. The molecular formula is C44H33N7. The Kier molecular flexibility index (Phi) is 6.94. The molecule has 0 spiro atoms. The molecule has 0 saturated carbocycles. The first kappa shape index (κ1) is 30.3. The molecular weight excluding hydrogens is 627 g/mol. The van der Waals surface area contributed by atoms with Crippen molar-refractivity contribution in [2.24, 2.45) is 0 Å². The third-order valence-electron chi connectivity index (χ3n) is 9.89. The highest BCUT2D eigenvalue weighted by Gasteiger charge is 2.39. The summed E-state index contributed by atoms with van der Waals surface area (Å²) in [5.41, 5.74) is 13.0. The molecule has 7 heteroatoms. The summed E-state index contributed by atoms with van der Waals surface area (Å²) in [7, 11) is 0. The number of imidazole rings is 1. The van der Waals surface area contributed by atoms with E-state index >= 15 is 0 Å². The van der Waals surface area contributed by atoms with Crippen LogP contribution in [0.4, 0.5) is 23.0 Å². The van der Waals surface area contributed by atoms with Gasteiger partial charge in [0.1, 0.15) is 11.5 Å². The molecule has 0 radical (unpaired) electrons. The molecule has 5 aromatic carbocycles. The van der Waals surface area contributed by atoms with Crippen LogP contribution in [0.15, 0.2) is 127 Å². The zero-order valence-electron chi connectivity index (χ0n) is 28.8. The van der Waals surface area contributed by atoms with Crippen molar-refractivity contribution in [2.45, 2.75) is 27.7 Å². The minimum Gasteiger partial charge on any atom is -0.292 e. The first-order chi connectivity index (χ1) is 24.9. The number of nitriles is 1. The number of aryl methyl sites for hydroxylation is 4. The molecule has 8 aromatic rings. The molecule has 0 unspecified atom stereocenters. The predicted molar refractivity (Wildman–Crippen MR) is 206 cm³/mol. The lowest BCUT2D eigenvalue weighted by atomic mass is 10.1. The topological polar surface area (TPSA) is 73.3 Å². The number of allylic oxidation sites excluding steroid dienone is 1. The Morgan fingerprint density at radius 2 is 1.16 bits per heavy atom. The Hall–Kier alpha value is -6.78. The van der Waals surface area contributed by atoms with Crippen molar-refractivity contribution < 1.29 is 0 Å². The Labute approximate surface area is 295 Å². The summed E-state index contributed by atoms with van der Waals surface area (Å²) >= 11 is 0. The van der Waals surface area contributed by atoms with Crippen LogP contribution in [0.1, 0.15) is 27.8 Å². The van der Waals surface area contributed by atoms with Crippen molar-refractivity contribution in [3.8, 4) is 17.3 Å². The average Bonchev–Trinajstić information content (AvgIpc) is 3.80. The molecule has 7 nitrogen and oxygen atoms in total. The van der Waals surface area contributed by atoms with E-state index in [1.54, 1.807) is 0 Å². The van der Waals surface area contributed by atoms with Gasteiger partial charge in [0.2, 0.25) is 0 Å². The number of aromatic nitrogens is 4. The third-order valence-corrected chi connectivity index (χ3v) is 9.89. The van der Waals surface area contributed by atoms with E-state index in [2.05, 4.69) is 121 Å². The van der Waals surface area contributed by atoms with E-state index in [0.717, 1.165) is 95.1 Å². The fourth-order valence-electron chi connectivity index (χ4n) is 7.55. The molecule has 0 amide bonds. The summed E-state index contributed by atoms with van der Waals surface area (Å²) < 4.78 is 2.22. The van der Waals surface area contributed by atoms with Gasteiger partial charge < -0.3 is 0 Å². The van der Waals surface area contributed by atoms with Crippen LogP contribution in [0.5, 0.6) is 0 Å². The lowest BCUT2D eigenvalue weighted by molar-refractivity contribution is 1.08. The number of benzene rings is 5. The summed E-state index contributed by atoms with van der Waals surface area (Å²) in [4.78, 5) is 20.2. The highest BCUT2D eigenvalue weighted by Crippen LogP contribution is 2.51. The summed E-state index contributed by atoms with van der Waals surface area (Å²) in [6.07, 6.45) is 6.31. The van der Waals surface area contributed by atoms with Crippen molar-refractivity contribution in [2.75, 3.05) is 9.80 Å². The lowest BCUT2D eigenvalue weighted by Gasteiger charge is -2.28. The van der Waals surface area contributed by atoms with Crippen LogP contribution in [0.3, 0.4) is 0 Å². The molecule has 0 saturated heterocycles. The number of nitrogens with zero attached hydrogens (tertiary/aromatic N) is 7. The molecule has 0 atom stereocenters. The van der Waals surface area contributed by atoms with Crippen LogP contribution in [0, 0.1) is 39.0 Å². The van der Waals surface area contributed by atoms with Crippen LogP contribution < -0.4 is 15.0 Å². The Morgan fingerprint density at radius 3 is 1.73 bits per heavy atom. The van der Waals surface area contributed by atoms with Crippen LogP contribution in [0.2, 0.25) is 0 Å². The van der Waals surface area contributed by atoms with E-state index in [1.165, 1.54) is 0 Å². The quantitative estimate of drug-likeness (QED) is 0.187. The van der Waals surface area contributed by atoms with Crippen LogP contribution in [0.25, 0.3) is 44.9 Å². The number of para-hydroxylation sites is 5. The van der Waals surface area contributed by atoms with Gasteiger partial charge >= 0.3 is 0 Å². The molecule has 1 aliphatic heterocycles. The maximum atomic E-state index is 9.38. The predicted octanol–water partition coefficient (Wildman–Crippen LogP) is 9.53. The highest BCUT2D eigenvalue weighted by molar-refractivity contribution is 5.97. The first-order valence-electron chi connectivity index (χ1n) is 17.0. The zero-order valence-corrected chi connectivity index (χ0v) is 28.8. The second-order valence-corrected chi connectivity index (χ2v) is 13.1. The first-order valence-corrected chi connectivity index (χ1v) is 17.0. The van der Waals surface area contributed by atoms with Crippen LogP contribution >= 0.6 is 0 Å². The van der Waals surface area contributed by atoms with Gasteiger partial charge in [0.05, 0.1) is 51.4 Å². The lowest BCUT2D eigenvalue weighted by Crippen LogP contribution is -2.24. The Morgan fingerprint density at radius 1 is 0.608 bits per heavy atom. The van der Waals surface area contributed by atoms with Crippen molar-refractivity contribution >= 4 is 56.7 Å². The number of fused-ring (bicyclic) bond motifs is 5. The van der Waals surface area contributed by atoms with Gasteiger partial charge in [-0.25, -0.2) is 15.0 Å². The monoisotopic (exact) mass is 659 g/mol. The normalized spacial score (nSPS) is 13.1. The van der Waals surface area contributed by atoms with Crippen molar-refractivity contribution in [1.29, 1.82) is 5.26 Å². The third kappa shape index (κ3) is 4.68. The molecule has 9 rings (SSSR count). The minimum atomic E-state index is 0.629. The van der Waals surface area contributed by atoms with Gasteiger partial charge in [0.15, 0.2) is 11.6 Å². The molecule has 0 bridgehead atoms. The number of rotatable bonds is 4. The van der Waals surface area contributed by atoms with E-state index in [0.29, 0.717) is 5.56 Å². The molecule has 0 aliphatic carbocycles. The van der Waals surface area contributed by atoms with Crippen LogP contribution in [-0.2, 0) is 0 Å². The molecule has 1 aliphatic rings. The second-order valence-electron chi connectivity index (χ2n) is 13.1. The smallest absolute Gasteiger partial charge is 0.183 e. The Bertz CT molecular complexity index is 2680. The summed E-state index contributed by atoms with van der Waals surface area (Å²) in [6.45, 7) is 8.62. The van der Waals surface area contributed by atoms with E-state index < -0.39 is 0 Å². The molecule has 244 valence electrons. The summed E-state index contributed by atoms with van der Waals surface area (Å²) in [5.74, 6) is 2.50. The van der Waals surface area contributed by atoms with Gasteiger partial charge in [-0.2, -0.15) is 5.26 Å². The van der Waals surface area contributed by atoms with Gasteiger partial charge in [-0.1, -0.05) is 78.9 Å². The molecule has 51 heavy (non-hydrogen) atoms. The molecule has 4 heterocycles. The van der Waals surface area contributed by atoms with Crippen molar-refractivity contribution in [3.05, 3.63) is 160 Å². The fraction of sp³-hybridized carbons (Fsp3) is 0.0909. The number of hydrogen-bond acceptors (Lipinski definition) is 6. The van der Waals surface area contributed by atoms with Crippen molar-refractivity contribution in [1.82, 2.24) is 19.4 Å². The standard InChI is InChI=1S/C44H33N7/c1-27-11-9-12-28(2)40(27)50-39(51(41-29(3)13-10-14-30(41)4)44-43(50)47-35-16-6-7-17-36(35)48-44)24-23-34-33-15-5-8-18-37(33)49-38(26-46-42(34)49)32-21-19-31(25-45)20-22-32/h5-24,26H,1-4H3/b34-23-. The van der Waals surface area contributed by atoms with E-state index in [1.807, 2.05) is 54.7 Å². The average molecular weight is 660 g/mol. The number of anilines is 4. The zero-order chi connectivity index (χ0) is 34.8. The highest BCUT2D eigenvalue weighted by atomic mass is 15.5. The molecule has 0 N–H and O–H groups in total. The second kappa shape index (κ2) is 11.7. The maximum absolute atomic E-state index is 9.38.